The van der Waals surface area contributed by atoms with E-state index in [9.17, 15) is 22.8 Å². The van der Waals surface area contributed by atoms with Crippen molar-refractivity contribution in [1.82, 2.24) is 10.6 Å². The zero-order valence-electron chi connectivity index (χ0n) is 20.4. The van der Waals surface area contributed by atoms with Gasteiger partial charge >= 0.3 is 18.2 Å². The van der Waals surface area contributed by atoms with Crippen molar-refractivity contribution in [2.75, 3.05) is 10.6 Å². The van der Waals surface area contributed by atoms with Crippen LogP contribution in [0.3, 0.4) is 0 Å². The molecular weight excluding hydrogens is 529 g/mol. The second-order valence-electron chi connectivity index (χ2n) is 8.56. The van der Waals surface area contributed by atoms with E-state index in [0.717, 1.165) is 12.1 Å². The molecule has 4 aromatic rings. The smallest absolute Gasteiger partial charge is 0.329 e. The van der Waals surface area contributed by atoms with Crippen molar-refractivity contribution in [3.05, 3.63) is 131 Å². The Morgan fingerprint density at radius 2 is 1.10 bits per heavy atom. The van der Waals surface area contributed by atoms with Crippen LogP contribution in [0.4, 0.5) is 34.1 Å². The van der Waals surface area contributed by atoms with Crippen molar-refractivity contribution < 1.29 is 22.8 Å². The maximum Gasteiger partial charge on any atom is 0.416 e. The topological polar surface area (TPSA) is 82.3 Å². The zero-order valence-corrected chi connectivity index (χ0v) is 21.1. The van der Waals surface area contributed by atoms with Gasteiger partial charge in [0, 0.05) is 16.4 Å². The first-order valence-corrected chi connectivity index (χ1v) is 12.2. The van der Waals surface area contributed by atoms with Gasteiger partial charge in [-0.2, -0.15) is 13.2 Å². The van der Waals surface area contributed by atoms with E-state index in [1.807, 2.05) is 36.4 Å². The maximum absolute atomic E-state index is 13.0. The summed E-state index contributed by atoms with van der Waals surface area (Å²) in [6.07, 6.45) is -4.49. The highest BCUT2D eigenvalue weighted by Gasteiger charge is 2.31. The van der Waals surface area contributed by atoms with Crippen LogP contribution in [0, 0.1) is 0 Å². The predicted molar refractivity (Wildman–Crippen MR) is 146 cm³/mol. The lowest BCUT2D eigenvalue weighted by atomic mass is 9.93. The van der Waals surface area contributed by atoms with Gasteiger partial charge in [0.1, 0.15) is 0 Å². The molecule has 0 aliphatic rings. The van der Waals surface area contributed by atoms with Crippen LogP contribution in [-0.4, -0.2) is 12.1 Å². The number of hydrogen-bond acceptors (Lipinski definition) is 2. The van der Waals surface area contributed by atoms with Crippen molar-refractivity contribution in [3.8, 4) is 0 Å². The van der Waals surface area contributed by atoms with Crippen LogP contribution in [-0.2, 0) is 6.18 Å². The molecule has 0 spiro atoms. The third-order valence-electron chi connectivity index (χ3n) is 5.78. The van der Waals surface area contributed by atoms with E-state index in [1.54, 1.807) is 48.5 Å². The molecule has 10 heteroatoms. The van der Waals surface area contributed by atoms with Crippen LogP contribution in [0.5, 0.6) is 0 Å². The van der Waals surface area contributed by atoms with Gasteiger partial charge < -0.3 is 21.3 Å². The summed E-state index contributed by atoms with van der Waals surface area (Å²) in [5, 5.41) is 11.6. The summed E-state index contributed by atoms with van der Waals surface area (Å²) in [7, 11) is 0. The van der Waals surface area contributed by atoms with Crippen LogP contribution < -0.4 is 21.3 Å². The summed E-state index contributed by atoms with van der Waals surface area (Å²) in [5.74, 6) is 0. The van der Waals surface area contributed by atoms with Crippen molar-refractivity contribution in [1.29, 1.82) is 0 Å². The average Bonchev–Trinajstić information content (AvgIpc) is 2.91. The minimum Gasteiger partial charge on any atom is -0.329 e. The third-order valence-corrected chi connectivity index (χ3v) is 6.01. The Morgan fingerprint density at radius 3 is 1.56 bits per heavy atom. The van der Waals surface area contributed by atoms with E-state index in [1.165, 1.54) is 12.1 Å². The van der Waals surface area contributed by atoms with Crippen LogP contribution >= 0.6 is 11.6 Å². The molecule has 0 heterocycles. The van der Waals surface area contributed by atoms with Crippen LogP contribution in [0.15, 0.2) is 109 Å². The molecule has 0 bridgehead atoms. The first-order valence-electron chi connectivity index (χ1n) is 11.9. The highest BCUT2D eigenvalue weighted by atomic mass is 35.5. The highest BCUT2D eigenvalue weighted by Crippen LogP contribution is 2.31. The summed E-state index contributed by atoms with van der Waals surface area (Å²) < 4.78 is 38.7. The Kier molecular flexibility index (Phi) is 8.73. The lowest BCUT2D eigenvalue weighted by Crippen LogP contribution is -2.43. The predicted octanol–water partition coefficient (Wildman–Crippen LogP) is 7.78. The lowest BCUT2D eigenvalue weighted by Gasteiger charge is -2.30. The number of benzene rings is 4. The Bertz CT molecular complexity index is 1400. The minimum atomic E-state index is -4.49. The summed E-state index contributed by atoms with van der Waals surface area (Å²) >= 11 is 6.03. The van der Waals surface area contributed by atoms with Gasteiger partial charge in [-0.1, -0.05) is 78.3 Å². The second kappa shape index (κ2) is 12.4. The summed E-state index contributed by atoms with van der Waals surface area (Å²) in [5.41, 5.74) is 1.24. The van der Waals surface area contributed by atoms with Gasteiger partial charge in [0.05, 0.1) is 17.6 Å². The fourth-order valence-corrected chi connectivity index (χ4v) is 4.15. The molecule has 4 aromatic carbocycles. The molecule has 6 nitrogen and oxygen atoms in total. The quantitative estimate of drug-likeness (QED) is 0.189. The molecule has 0 aliphatic heterocycles. The van der Waals surface area contributed by atoms with Crippen molar-refractivity contribution in [3.63, 3.8) is 0 Å². The lowest BCUT2D eigenvalue weighted by molar-refractivity contribution is -0.137. The zero-order chi connectivity index (χ0) is 27.8. The molecule has 39 heavy (non-hydrogen) atoms. The number of amides is 4. The Labute approximate surface area is 228 Å². The molecule has 0 aromatic heterocycles. The maximum atomic E-state index is 13.0. The number of rotatable bonds is 7. The fourth-order valence-electron chi connectivity index (χ4n) is 3.96. The fraction of sp³-hybridized carbons (Fsp3) is 0.103. The van der Waals surface area contributed by atoms with Gasteiger partial charge in [-0.25, -0.2) is 9.59 Å². The van der Waals surface area contributed by atoms with Crippen LogP contribution in [0.25, 0.3) is 0 Å². The summed E-state index contributed by atoms with van der Waals surface area (Å²) in [6.45, 7) is 0. The molecule has 0 saturated heterocycles. The van der Waals surface area contributed by atoms with E-state index in [-0.39, 0.29) is 5.69 Å². The van der Waals surface area contributed by atoms with Crippen LogP contribution in [0.2, 0.25) is 5.02 Å². The minimum absolute atomic E-state index is 0.176. The monoisotopic (exact) mass is 552 g/mol. The number of urea groups is 2. The first kappa shape index (κ1) is 27.5. The molecule has 0 fully saturated rings. The van der Waals surface area contributed by atoms with E-state index in [0.29, 0.717) is 21.8 Å². The third kappa shape index (κ3) is 7.75. The van der Waals surface area contributed by atoms with E-state index in [2.05, 4.69) is 21.3 Å². The molecule has 0 unspecified atom stereocenters. The summed E-state index contributed by atoms with van der Waals surface area (Å²) in [4.78, 5) is 26.1. The van der Waals surface area contributed by atoms with Crippen LogP contribution in [0.1, 0.15) is 28.8 Å². The van der Waals surface area contributed by atoms with E-state index >= 15 is 0 Å². The molecule has 4 amide bonds. The Hall–Kier alpha value is -4.50. The van der Waals surface area contributed by atoms with Gasteiger partial charge in [-0.3, -0.25) is 0 Å². The average molecular weight is 553 g/mol. The van der Waals surface area contributed by atoms with E-state index in [4.69, 9.17) is 11.6 Å². The number of carbonyl (C=O) groups excluding carboxylic acids is 2. The molecular formula is C29H24ClF3N4O2. The standard InChI is InChI=1S/C29H24ClF3N4O2/c30-22-12-7-13-24(18-22)35-28(39)37-26(20-10-5-2-6-11-20)25(19-8-3-1-4-9-19)36-27(38)34-23-16-14-21(15-17-23)29(31,32)33/h1-18,25-26H,(H2,34,36,38)(H2,35,37,39)/t25-,26-/m0/s1. The van der Waals surface area contributed by atoms with Gasteiger partial charge in [0.25, 0.3) is 0 Å². The summed E-state index contributed by atoms with van der Waals surface area (Å²) in [6, 6.07) is 26.2. The number of hydrogen-bond donors (Lipinski definition) is 4. The number of nitrogens with one attached hydrogen (secondary N) is 4. The largest absolute Gasteiger partial charge is 0.416 e. The molecule has 2 atom stereocenters. The number of alkyl halides is 3. The SMILES string of the molecule is O=C(Nc1ccc(C(F)(F)F)cc1)N[C@@H](c1ccccc1)[C@@H](NC(=O)Nc1cccc(Cl)c1)c1ccccc1. The normalized spacial score (nSPS) is 12.6. The molecule has 0 saturated carbocycles. The molecule has 4 N–H and O–H groups in total. The number of anilines is 2. The second-order valence-corrected chi connectivity index (χ2v) is 9.00. The Morgan fingerprint density at radius 1 is 0.615 bits per heavy atom. The van der Waals surface area contributed by atoms with Crippen molar-refractivity contribution in [2.45, 2.75) is 18.3 Å². The van der Waals surface area contributed by atoms with E-state index < -0.39 is 35.9 Å². The number of halogens is 4. The molecule has 0 aliphatic carbocycles. The van der Waals surface area contributed by atoms with Gasteiger partial charge in [0.2, 0.25) is 0 Å². The van der Waals surface area contributed by atoms with Gasteiger partial charge in [-0.15, -0.1) is 0 Å². The Balaban J connectivity index is 1.59. The van der Waals surface area contributed by atoms with Gasteiger partial charge in [0.15, 0.2) is 0 Å². The molecule has 200 valence electrons. The van der Waals surface area contributed by atoms with Gasteiger partial charge in [-0.05, 0) is 53.6 Å². The van der Waals surface area contributed by atoms with Crippen molar-refractivity contribution in [2.24, 2.45) is 0 Å². The van der Waals surface area contributed by atoms with Crippen molar-refractivity contribution >= 4 is 35.0 Å². The molecule has 4 rings (SSSR count). The first-order chi connectivity index (χ1) is 18.7. The highest BCUT2D eigenvalue weighted by molar-refractivity contribution is 6.30. The number of carbonyl (C=O) groups is 2. The molecule has 0 radical (unpaired) electrons.